The van der Waals surface area contributed by atoms with Crippen LogP contribution in [-0.2, 0) is 4.74 Å². The second-order valence-corrected chi connectivity index (χ2v) is 5.40. The fourth-order valence-corrected chi connectivity index (χ4v) is 2.64. The van der Waals surface area contributed by atoms with Gasteiger partial charge in [0.05, 0.1) is 24.8 Å². The number of hydrogen-bond acceptors (Lipinski definition) is 6. The number of hydrogen-bond donors (Lipinski definition) is 0. The van der Waals surface area contributed by atoms with Crippen LogP contribution >= 0.6 is 0 Å². The number of ether oxygens (including phenoxy) is 1. The Kier molecular flexibility index (Phi) is 4.08. The Bertz CT molecular complexity index is 778. The molecule has 7 heteroatoms. The van der Waals surface area contributed by atoms with Crippen LogP contribution in [0.3, 0.4) is 0 Å². The monoisotopic (exact) mass is 312 g/mol. The minimum atomic E-state index is -0.372. The average molecular weight is 312 g/mol. The standard InChI is InChI=1S/C16H16N4O3/c1-10-7-12(8-17)3-4-13(10)16(21)20-5-6-22-9-14(20)15-18-11(2)23-19-15/h3-4,7,14H,5-6,9H2,1-2H3. The zero-order valence-corrected chi connectivity index (χ0v) is 12.9. The smallest absolute Gasteiger partial charge is 0.254 e. The fraction of sp³-hybridized carbons (Fsp3) is 0.375. The topological polar surface area (TPSA) is 92.2 Å². The summed E-state index contributed by atoms with van der Waals surface area (Å²) < 4.78 is 10.5. The lowest BCUT2D eigenvalue weighted by Gasteiger charge is -2.34. The normalized spacial score (nSPS) is 17.8. The number of nitriles is 1. The lowest BCUT2D eigenvalue weighted by atomic mass is 10.0. The van der Waals surface area contributed by atoms with Crippen LogP contribution < -0.4 is 0 Å². The molecule has 0 aliphatic carbocycles. The fourth-order valence-electron chi connectivity index (χ4n) is 2.64. The molecule has 0 saturated carbocycles. The molecule has 23 heavy (non-hydrogen) atoms. The van der Waals surface area contributed by atoms with E-state index in [0.717, 1.165) is 5.56 Å². The van der Waals surface area contributed by atoms with Crippen LogP contribution in [0.25, 0.3) is 0 Å². The van der Waals surface area contributed by atoms with Gasteiger partial charge in [-0.3, -0.25) is 4.79 Å². The Labute approximate surface area is 133 Å². The van der Waals surface area contributed by atoms with Gasteiger partial charge in [0, 0.05) is 19.0 Å². The molecule has 1 unspecified atom stereocenters. The molecule has 2 aromatic rings. The lowest BCUT2D eigenvalue weighted by molar-refractivity contribution is -0.00580. The molecule has 1 aromatic carbocycles. The zero-order chi connectivity index (χ0) is 16.4. The van der Waals surface area contributed by atoms with Crippen molar-refractivity contribution in [2.24, 2.45) is 0 Å². The Morgan fingerprint density at radius 3 is 2.91 bits per heavy atom. The molecule has 1 atom stereocenters. The van der Waals surface area contributed by atoms with Crippen molar-refractivity contribution in [3.8, 4) is 6.07 Å². The highest BCUT2D eigenvalue weighted by molar-refractivity contribution is 5.96. The maximum Gasteiger partial charge on any atom is 0.254 e. The molecule has 1 saturated heterocycles. The van der Waals surface area contributed by atoms with Crippen LogP contribution in [-0.4, -0.2) is 40.7 Å². The van der Waals surface area contributed by atoms with E-state index >= 15 is 0 Å². The number of nitrogens with zero attached hydrogens (tertiary/aromatic N) is 4. The van der Waals surface area contributed by atoms with Crippen molar-refractivity contribution in [3.05, 3.63) is 46.6 Å². The molecular formula is C16H16N4O3. The van der Waals surface area contributed by atoms with Crippen LogP contribution in [0.2, 0.25) is 0 Å². The van der Waals surface area contributed by atoms with Crippen molar-refractivity contribution in [2.45, 2.75) is 19.9 Å². The third kappa shape index (κ3) is 2.94. The molecular weight excluding hydrogens is 296 g/mol. The van der Waals surface area contributed by atoms with Gasteiger partial charge in [-0.15, -0.1) is 0 Å². The summed E-state index contributed by atoms with van der Waals surface area (Å²) in [6, 6.07) is 6.74. The van der Waals surface area contributed by atoms with Gasteiger partial charge in [0.2, 0.25) is 5.89 Å². The zero-order valence-electron chi connectivity index (χ0n) is 12.9. The molecule has 7 nitrogen and oxygen atoms in total. The first-order valence-corrected chi connectivity index (χ1v) is 7.30. The predicted octanol–water partition coefficient (Wildman–Crippen LogP) is 1.77. The first-order valence-electron chi connectivity index (χ1n) is 7.30. The molecule has 2 heterocycles. The number of aryl methyl sites for hydroxylation is 2. The summed E-state index contributed by atoms with van der Waals surface area (Å²) in [4.78, 5) is 18.8. The van der Waals surface area contributed by atoms with E-state index in [9.17, 15) is 4.79 Å². The number of carbonyl (C=O) groups is 1. The maximum atomic E-state index is 12.9. The lowest BCUT2D eigenvalue weighted by Crippen LogP contribution is -2.44. The first kappa shape index (κ1) is 15.2. The number of amides is 1. The minimum Gasteiger partial charge on any atom is -0.377 e. The molecule has 1 fully saturated rings. The highest BCUT2D eigenvalue weighted by Gasteiger charge is 2.33. The number of carbonyl (C=O) groups excluding carboxylic acids is 1. The van der Waals surface area contributed by atoms with Gasteiger partial charge in [-0.05, 0) is 30.7 Å². The maximum absolute atomic E-state index is 12.9. The third-order valence-corrected chi connectivity index (χ3v) is 3.82. The molecule has 118 valence electrons. The van der Waals surface area contributed by atoms with Crippen molar-refractivity contribution in [3.63, 3.8) is 0 Å². The van der Waals surface area contributed by atoms with E-state index < -0.39 is 0 Å². The number of rotatable bonds is 2. The highest BCUT2D eigenvalue weighted by Crippen LogP contribution is 2.25. The summed E-state index contributed by atoms with van der Waals surface area (Å²) in [5.74, 6) is 0.775. The SMILES string of the molecule is Cc1nc(C2COCCN2C(=O)c2ccc(C#N)cc2C)no1. The Balaban J connectivity index is 1.91. The summed E-state index contributed by atoms with van der Waals surface area (Å²) in [7, 11) is 0. The van der Waals surface area contributed by atoms with E-state index in [2.05, 4.69) is 16.2 Å². The molecule has 1 amide bonds. The van der Waals surface area contributed by atoms with E-state index in [4.69, 9.17) is 14.5 Å². The summed E-state index contributed by atoms with van der Waals surface area (Å²) in [5.41, 5.74) is 1.87. The molecule has 0 N–H and O–H groups in total. The van der Waals surface area contributed by atoms with Crippen molar-refractivity contribution < 1.29 is 14.1 Å². The van der Waals surface area contributed by atoms with E-state index in [1.54, 1.807) is 30.0 Å². The molecule has 1 aliphatic rings. The highest BCUT2D eigenvalue weighted by atomic mass is 16.5. The minimum absolute atomic E-state index is 0.122. The number of benzene rings is 1. The number of morpholine rings is 1. The molecule has 0 spiro atoms. The van der Waals surface area contributed by atoms with Crippen LogP contribution in [0.15, 0.2) is 22.7 Å². The van der Waals surface area contributed by atoms with Gasteiger partial charge in [0.15, 0.2) is 5.82 Å². The van der Waals surface area contributed by atoms with Gasteiger partial charge in [-0.25, -0.2) is 0 Å². The molecule has 3 rings (SSSR count). The molecule has 0 bridgehead atoms. The number of aromatic nitrogens is 2. The average Bonchev–Trinajstić information content (AvgIpc) is 3.00. The quantitative estimate of drug-likeness (QED) is 0.839. The predicted molar refractivity (Wildman–Crippen MR) is 79.5 cm³/mol. The second-order valence-electron chi connectivity index (χ2n) is 5.40. The van der Waals surface area contributed by atoms with Gasteiger partial charge >= 0.3 is 0 Å². The Morgan fingerprint density at radius 2 is 2.26 bits per heavy atom. The summed E-state index contributed by atoms with van der Waals surface area (Å²) in [6.07, 6.45) is 0. The summed E-state index contributed by atoms with van der Waals surface area (Å²) in [5, 5.41) is 12.9. The van der Waals surface area contributed by atoms with Crippen molar-refractivity contribution in [2.75, 3.05) is 19.8 Å². The molecule has 1 aromatic heterocycles. The van der Waals surface area contributed by atoms with Crippen LogP contribution in [0.4, 0.5) is 0 Å². The van der Waals surface area contributed by atoms with E-state index in [-0.39, 0.29) is 11.9 Å². The van der Waals surface area contributed by atoms with Crippen LogP contribution in [0.5, 0.6) is 0 Å². The Hall–Kier alpha value is -2.72. The van der Waals surface area contributed by atoms with E-state index in [1.165, 1.54) is 0 Å². The van der Waals surface area contributed by atoms with Gasteiger partial charge in [-0.2, -0.15) is 10.2 Å². The summed E-state index contributed by atoms with van der Waals surface area (Å²) in [6.45, 7) is 4.78. The van der Waals surface area contributed by atoms with E-state index in [1.807, 2.05) is 6.92 Å². The Morgan fingerprint density at radius 1 is 1.43 bits per heavy atom. The largest absolute Gasteiger partial charge is 0.377 e. The van der Waals surface area contributed by atoms with Gasteiger partial charge in [-0.1, -0.05) is 5.16 Å². The van der Waals surface area contributed by atoms with Gasteiger partial charge in [0.1, 0.15) is 6.04 Å². The van der Waals surface area contributed by atoms with Crippen LogP contribution in [0.1, 0.15) is 39.2 Å². The van der Waals surface area contributed by atoms with Gasteiger partial charge in [0.25, 0.3) is 5.91 Å². The van der Waals surface area contributed by atoms with Crippen molar-refractivity contribution in [1.29, 1.82) is 5.26 Å². The summed E-state index contributed by atoms with van der Waals surface area (Å²) >= 11 is 0. The first-order chi connectivity index (χ1) is 11.1. The molecule has 0 radical (unpaired) electrons. The van der Waals surface area contributed by atoms with Crippen molar-refractivity contribution >= 4 is 5.91 Å². The van der Waals surface area contributed by atoms with Gasteiger partial charge < -0.3 is 14.2 Å². The molecule has 1 aliphatic heterocycles. The third-order valence-electron chi connectivity index (χ3n) is 3.82. The second kappa shape index (κ2) is 6.18. The van der Waals surface area contributed by atoms with Crippen molar-refractivity contribution in [1.82, 2.24) is 15.0 Å². The van der Waals surface area contributed by atoms with Crippen LogP contribution in [0, 0.1) is 25.2 Å². The van der Waals surface area contributed by atoms with E-state index in [0.29, 0.717) is 42.6 Å².